The molecule has 0 bridgehead atoms. The van der Waals surface area contributed by atoms with E-state index in [0.717, 1.165) is 18.2 Å². The van der Waals surface area contributed by atoms with Gasteiger partial charge in [0, 0.05) is 17.7 Å². The summed E-state index contributed by atoms with van der Waals surface area (Å²) in [5, 5.41) is 19.8. The zero-order chi connectivity index (χ0) is 15.4. The Morgan fingerprint density at radius 1 is 1.35 bits per heavy atom. The van der Waals surface area contributed by atoms with E-state index in [0.29, 0.717) is 0 Å². The Kier molecular flexibility index (Phi) is 5.12. The van der Waals surface area contributed by atoms with Gasteiger partial charge < -0.3 is 5.11 Å². The van der Waals surface area contributed by atoms with Gasteiger partial charge in [0.25, 0.3) is 12.1 Å². The van der Waals surface area contributed by atoms with Crippen LogP contribution in [0, 0.1) is 16.0 Å². The lowest BCUT2D eigenvalue weighted by Crippen LogP contribution is -2.16. The number of nitrogens with zero attached hydrogens (tertiary/aromatic N) is 1. The van der Waals surface area contributed by atoms with Crippen LogP contribution in [0.2, 0.25) is 0 Å². The highest BCUT2D eigenvalue weighted by molar-refractivity contribution is 5.77. The van der Waals surface area contributed by atoms with Crippen LogP contribution in [-0.2, 0) is 4.79 Å². The van der Waals surface area contributed by atoms with Crippen molar-refractivity contribution in [2.24, 2.45) is 5.92 Å². The van der Waals surface area contributed by atoms with Gasteiger partial charge in [0.15, 0.2) is 0 Å². The number of alkyl halides is 2. The molecule has 20 heavy (non-hydrogen) atoms. The van der Waals surface area contributed by atoms with Crippen LogP contribution in [0.4, 0.5) is 14.5 Å². The maximum absolute atomic E-state index is 13.0. The lowest BCUT2D eigenvalue weighted by Gasteiger charge is -2.18. The third-order valence-corrected chi connectivity index (χ3v) is 2.90. The van der Waals surface area contributed by atoms with Crippen LogP contribution in [0.15, 0.2) is 18.2 Å². The van der Waals surface area contributed by atoms with Gasteiger partial charge in [-0.15, -0.1) is 0 Å². The molecule has 1 aromatic carbocycles. The minimum absolute atomic E-state index is 0.00295. The second kappa shape index (κ2) is 6.40. The minimum atomic E-state index is -2.96. The molecule has 0 aliphatic heterocycles. The van der Waals surface area contributed by atoms with Crippen molar-refractivity contribution in [2.75, 3.05) is 0 Å². The average molecular weight is 287 g/mol. The monoisotopic (exact) mass is 287 g/mol. The zero-order valence-corrected chi connectivity index (χ0v) is 11.0. The van der Waals surface area contributed by atoms with Crippen LogP contribution in [-0.4, -0.2) is 16.0 Å². The van der Waals surface area contributed by atoms with Crippen LogP contribution < -0.4 is 0 Å². The quantitative estimate of drug-likeness (QED) is 0.638. The molecule has 1 unspecified atom stereocenters. The molecule has 5 nitrogen and oxygen atoms in total. The van der Waals surface area contributed by atoms with Crippen molar-refractivity contribution < 1.29 is 23.6 Å². The normalized spacial score (nSPS) is 12.7. The zero-order valence-electron chi connectivity index (χ0n) is 11.0. The molecular formula is C13H15F2NO4. The van der Waals surface area contributed by atoms with E-state index in [9.17, 15) is 28.8 Å². The summed E-state index contributed by atoms with van der Waals surface area (Å²) < 4.78 is 26.0. The molecule has 0 spiro atoms. The van der Waals surface area contributed by atoms with Gasteiger partial charge in [0.1, 0.15) is 0 Å². The SMILES string of the molecule is CC(C)CC(C(=O)O)c1ccc([N+](=O)[O-])cc1C(F)F. The smallest absolute Gasteiger partial charge is 0.310 e. The summed E-state index contributed by atoms with van der Waals surface area (Å²) in [5.41, 5.74) is -1.13. The van der Waals surface area contributed by atoms with E-state index >= 15 is 0 Å². The van der Waals surface area contributed by atoms with Crippen LogP contribution >= 0.6 is 0 Å². The number of carbonyl (C=O) groups is 1. The van der Waals surface area contributed by atoms with Crippen molar-refractivity contribution in [3.63, 3.8) is 0 Å². The van der Waals surface area contributed by atoms with Crippen LogP contribution in [0.3, 0.4) is 0 Å². The van der Waals surface area contributed by atoms with Gasteiger partial charge in [-0.1, -0.05) is 19.9 Å². The molecule has 0 aliphatic rings. The van der Waals surface area contributed by atoms with E-state index in [1.807, 2.05) is 0 Å². The maximum Gasteiger partial charge on any atom is 0.310 e. The summed E-state index contributed by atoms with van der Waals surface area (Å²) in [6.07, 6.45) is -2.77. The number of hydrogen-bond acceptors (Lipinski definition) is 3. The van der Waals surface area contributed by atoms with Gasteiger partial charge in [0.2, 0.25) is 0 Å². The number of rotatable bonds is 6. The highest BCUT2D eigenvalue weighted by Gasteiger charge is 2.28. The molecular weight excluding hydrogens is 272 g/mol. The first-order chi connectivity index (χ1) is 9.23. The molecule has 0 heterocycles. The number of carboxylic acids is 1. The van der Waals surface area contributed by atoms with E-state index < -0.39 is 34.5 Å². The number of nitro benzene ring substituents is 1. The third-order valence-electron chi connectivity index (χ3n) is 2.90. The van der Waals surface area contributed by atoms with Gasteiger partial charge in [0.05, 0.1) is 10.8 Å². The highest BCUT2D eigenvalue weighted by atomic mass is 19.3. The molecule has 1 rings (SSSR count). The number of aliphatic carboxylic acids is 1. The van der Waals surface area contributed by atoms with Gasteiger partial charge in [-0.05, 0) is 17.9 Å². The largest absolute Gasteiger partial charge is 0.481 e. The Hall–Kier alpha value is -2.05. The van der Waals surface area contributed by atoms with Crippen molar-refractivity contribution in [1.29, 1.82) is 0 Å². The van der Waals surface area contributed by atoms with Crippen LogP contribution in [0.1, 0.15) is 43.7 Å². The first kappa shape index (κ1) is 16.0. The second-order valence-electron chi connectivity index (χ2n) is 4.89. The summed E-state index contributed by atoms with van der Waals surface area (Å²) in [6.45, 7) is 3.56. The predicted octanol–water partition coefficient (Wildman–Crippen LogP) is 3.75. The highest BCUT2D eigenvalue weighted by Crippen LogP contribution is 2.34. The van der Waals surface area contributed by atoms with E-state index in [4.69, 9.17) is 0 Å². The number of hydrogen-bond donors (Lipinski definition) is 1. The Bertz CT molecular complexity index is 517. The number of halogens is 2. The first-order valence-electron chi connectivity index (χ1n) is 6.03. The summed E-state index contributed by atoms with van der Waals surface area (Å²) in [7, 11) is 0. The van der Waals surface area contributed by atoms with Crippen molar-refractivity contribution in [3.05, 3.63) is 39.4 Å². The maximum atomic E-state index is 13.0. The molecule has 0 aromatic heterocycles. The number of benzene rings is 1. The number of non-ortho nitro benzene ring substituents is 1. The summed E-state index contributed by atoms with van der Waals surface area (Å²) in [6, 6.07) is 2.91. The fourth-order valence-corrected chi connectivity index (χ4v) is 2.01. The third kappa shape index (κ3) is 3.72. The standard InChI is InChI=1S/C13H15F2NO4/c1-7(2)5-11(13(17)18)9-4-3-8(16(19)20)6-10(9)12(14)15/h3-4,6-7,11-12H,5H2,1-2H3,(H,17,18). The van der Waals surface area contributed by atoms with Gasteiger partial charge in [-0.2, -0.15) is 0 Å². The minimum Gasteiger partial charge on any atom is -0.481 e. The number of carboxylic acid groups (broad SMARTS) is 1. The topological polar surface area (TPSA) is 80.4 Å². The van der Waals surface area contributed by atoms with E-state index in [2.05, 4.69) is 0 Å². The Balaban J connectivity index is 3.33. The molecule has 0 saturated carbocycles. The first-order valence-corrected chi connectivity index (χ1v) is 6.03. The lowest BCUT2D eigenvalue weighted by molar-refractivity contribution is -0.385. The molecule has 1 aromatic rings. The average Bonchev–Trinajstić information content (AvgIpc) is 2.34. The molecule has 0 saturated heterocycles. The molecule has 0 radical (unpaired) electrons. The summed E-state index contributed by atoms with van der Waals surface area (Å²) in [5.74, 6) is -2.31. The van der Waals surface area contributed by atoms with E-state index in [1.54, 1.807) is 13.8 Å². The molecule has 0 fully saturated rings. The van der Waals surface area contributed by atoms with E-state index in [1.165, 1.54) is 0 Å². The van der Waals surface area contributed by atoms with Crippen LogP contribution in [0.5, 0.6) is 0 Å². The van der Waals surface area contributed by atoms with Crippen molar-refractivity contribution in [1.82, 2.24) is 0 Å². The fraction of sp³-hybridized carbons (Fsp3) is 0.462. The Morgan fingerprint density at radius 2 is 1.95 bits per heavy atom. The Labute approximate surface area is 114 Å². The van der Waals surface area contributed by atoms with Crippen molar-refractivity contribution >= 4 is 11.7 Å². The Morgan fingerprint density at radius 3 is 2.35 bits per heavy atom. The number of nitro groups is 1. The molecule has 1 atom stereocenters. The van der Waals surface area contributed by atoms with E-state index in [-0.39, 0.29) is 17.9 Å². The second-order valence-corrected chi connectivity index (χ2v) is 4.89. The molecule has 110 valence electrons. The van der Waals surface area contributed by atoms with Crippen molar-refractivity contribution in [2.45, 2.75) is 32.6 Å². The summed E-state index contributed by atoms with van der Waals surface area (Å²) in [4.78, 5) is 21.1. The summed E-state index contributed by atoms with van der Waals surface area (Å²) >= 11 is 0. The lowest BCUT2D eigenvalue weighted by atomic mass is 9.87. The molecule has 7 heteroatoms. The molecule has 0 aliphatic carbocycles. The molecule has 0 amide bonds. The van der Waals surface area contributed by atoms with Gasteiger partial charge >= 0.3 is 5.97 Å². The predicted molar refractivity (Wildman–Crippen MR) is 67.9 cm³/mol. The van der Waals surface area contributed by atoms with Crippen LogP contribution in [0.25, 0.3) is 0 Å². The fourth-order valence-electron chi connectivity index (χ4n) is 2.01. The van der Waals surface area contributed by atoms with Gasteiger partial charge in [-0.25, -0.2) is 8.78 Å². The molecule has 1 N–H and O–H groups in total. The van der Waals surface area contributed by atoms with Gasteiger partial charge in [-0.3, -0.25) is 14.9 Å². The van der Waals surface area contributed by atoms with Crippen molar-refractivity contribution in [3.8, 4) is 0 Å².